The number of hydrogen-bond acceptors (Lipinski definition) is 3. The summed E-state index contributed by atoms with van der Waals surface area (Å²) >= 11 is 0. The molecule has 19 heavy (non-hydrogen) atoms. The number of aliphatic carboxylic acids is 1. The molecule has 0 aromatic carbocycles. The lowest BCUT2D eigenvalue weighted by Gasteiger charge is -2.34. The minimum atomic E-state index is -0.938. The zero-order valence-electron chi connectivity index (χ0n) is 12.1. The van der Waals surface area contributed by atoms with E-state index in [1.165, 1.54) is 6.08 Å². The standard InChI is InChI=1S/C14H23NO4/c1-10(8-12(16)17)11-6-5-7-15(9-11)13(18)19-14(2,3)4/h8,11H,5-7,9H2,1-4H3,(H,16,17)/b10-8+. The summed E-state index contributed by atoms with van der Waals surface area (Å²) in [5, 5.41) is 8.76. The predicted octanol–water partition coefficient (Wildman–Crippen LogP) is 2.66. The molecule has 1 aliphatic heterocycles. The van der Waals surface area contributed by atoms with Gasteiger partial charge >= 0.3 is 12.1 Å². The Balaban J connectivity index is 2.64. The van der Waals surface area contributed by atoms with E-state index in [-0.39, 0.29) is 12.0 Å². The van der Waals surface area contributed by atoms with Gasteiger partial charge in [-0.05, 0) is 46.5 Å². The van der Waals surface area contributed by atoms with Gasteiger partial charge in [0, 0.05) is 19.2 Å². The number of hydrogen-bond donors (Lipinski definition) is 1. The number of carboxylic acid groups (broad SMARTS) is 1. The summed E-state index contributed by atoms with van der Waals surface area (Å²) in [6, 6.07) is 0. The highest BCUT2D eigenvalue weighted by Crippen LogP contribution is 2.24. The summed E-state index contributed by atoms with van der Waals surface area (Å²) in [5.41, 5.74) is 0.302. The smallest absolute Gasteiger partial charge is 0.410 e. The Morgan fingerprint density at radius 3 is 2.53 bits per heavy atom. The number of rotatable bonds is 2. The minimum Gasteiger partial charge on any atom is -0.478 e. The van der Waals surface area contributed by atoms with Crippen molar-refractivity contribution < 1.29 is 19.4 Å². The molecule has 1 amide bonds. The maximum Gasteiger partial charge on any atom is 0.410 e. The van der Waals surface area contributed by atoms with Crippen LogP contribution in [0.25, 0.3) is 0 Å². The van der Waals surface area contributed by atoms with Gasteiger partial charge in [-0.1, -0.05) is 5.57 Å². The zero-order chi connectivity index (χ0) is 14.6. The Morgan fingerprint density at radius 1 is 1.37 bits per heavy atom. The number of amides is 1. The molecule has 5 heteroatoms. The monoisotopic (exact) mass is 269 g/mol. The van der Waals surface area contributed by atoms with Crippen LogP contribution in [0, 0.1) is 5.92 Å². The van der Waals surface area contributed by atoms with Gasteiger partial charge in [-0.2, -0.15) is 0 Å². The van der Waals surface area contributed by atoms with E-state index in [1.807, 2.05) is 20.8 Å². The molecule has 1 heterocycles. The predicted molar refractivity (Wildman–Crippen MR) is 71.9 cm³/mol. The first-order chi connectivity index (χ1) is 8.69. The number of carbonyl (C=O) groups is 2. The molecule has 1 atom stereocenters. The van der Waals surface area contributed by atoms with Crippen molar-refractivity contribution in [3.63, 3.8) is 0 Å². The van der Waals surface area contributed by atoms with Gasteiger partial charge in [-0.15, -0.1) is 0 Å². The van der Waals surface area contributed by atoms with Crippen LogP contribution < -0.4 is 0 Å². The third-order valence-corrected chi connectivity index (χ3v) is 3.07. The maximum absolute atomic E-state index is 12.0. The van der Waals surface area contributed by atoms with Gasteiger partial charge in [0.15, 0.2) is 0 Å². The molecule has 0 aromatic heterocycles. The van der Waals surface area contributed by atoms with Crippen molar-refractivity contribution in [2.24, 2.45) is 5.92 Å². The molecule has 5 nitrogen and oxygen atoms in total. The molecule has 0 spiro atoms. The summed E-state index contributed by atoms with van der Waals surface area (Å²) in [7, 11) is 0. The van der Waals surface area contributed by atoms with Crippen molar-refractivity contribution in [3.05, 3.63) is 11.6 Å². The van der Waals surface area contributed by atoms with E-state index in [2.05, 4.69) is 0 Å². The summed E-state index contributed by atoms with van der Waals surface area (Å²) in [6.07, 6.45) is 2.69. The summed E-state index contributed by atoms with van der Waals surface area (Å²) in [5.74, 6) is -0.829. The molecule has 0 aliphatic carbocycles. The molecule has 0 radical (unpaired) electrons. The van der Waals surface area contributed by atoms with E-state index in [4.69, 9.17) is 9.84 Å². The van der Waals surface area contributed by atoms with Crippen molar-refractivity contribution >= 4 is 12.1 Å². The van der Waals surface area contributed by atoms with Crippen LogP contribution in [0.3, 0.4) is 0 Å². The number of carbonyl (C=O) groups excluding carboxylic acids is 1. The van der Waals surface area contributed by atoms with Crippen molar-refractivity contribution in [1.29, 1.82) is 0 Å². The molecule has 0 bridgehead atoms. The van der Waals surface area contributed by atoms with E-state index in [0.29, 0.717) is 13.1 Å². The van der Waals surface area contributed by atoms with Gasteiger partial charge in [0.05, 0.1) is 0 Å². The van der Waals surface area contributed by atoms with E-state index in [9.17, 15) is 9.59 Å². The van der Waals surface area contributed by atoms with E-state index < -0.39 is 11.6 Å². The van der Waals surface area contributed by atoms with Gasteiger partial charge in [0.2, 0.25) is 0 Å². The first-order valence-electron chi connectivity index (χ1n) is 6.58. The largest absolute Gasteiger partial charge is 0.478 e. The fourth-order valence-electron chi connectivity index (χ4n) is 2.15. The van der Waals surface area contributed by atoms with Crippen molar-refractivity contribution in [1.82, 2.24) is 4.90 Å². The number of ether oxygens (including phenoxy) is 1. The summed E-state index contributed by atoms with van der Waals surface area (Å²) in [6.45, 7) is 8.51. The van der Waals surface area contributed by atoms with E-state index in [1.54, 1.807) is 11.8 Å². The molecule has 108 valence electrons. The first kappa shape index (κ1) is 15.5. The lowest BCUT2D eigenvalue weighted by atomic mass is 9.91. The number of carboxylic acids is 1. The van der Waals surface area contributed by atoms with E-state index >= 15 is 0 Å². The molecule has 1 rings (SSSR count). The SMILES string of the molecule is C/C(=C\C(=O)O)C1CCCN(C(=O)OC(C)(C)C)C1. The van der Waals surface area contributed by atoms with Crippen molar-refractivity contribution in [2.75, 3.05) is 13.1 Å². The van der Waals surface area contributed by atoms with Gasteiger partial charge in [-0.3, -0.25) is 0 Å². The Kier molecular flexibility index (Phi) is 4.97. The third-order valence-electron chi connectivity index (χ3n) is 3.07. The molecule has 0 saturated carbocycles. The number of nitrogens with zero attached hydrogens (tertiary/aromatic N) is 1. The van der Waals surface area contributed by atoms with Crippen molar-refractivity contribution in [2.45, 2.75) is 46.1 Å². The Morgan fingerprint density at radius 2 is 2.00 bits per heavy atom. The van der Waals surface area contributed by atoms with Crippen LogP contribution in [-0.4, -0.2) is 40.8 Å². The average molecular weight is 269 g/mol. The fraction of sp³-hybridized carbons (Fsp3) is 0.714. The maximum atomic E-state index is 12.0. The summed E-state index contributed by atoms with van der Waals surface area (Å²) in [4.78, 5) is 24.3. The van der Waals surface area contributed by atoms with Crippen molar-refractivity contribution in [3.8, 4) is 0 Å². The fourth-order valence-corrected chi connectivity index (χ4v) is 2.15. The molecule has 1 unspecified atom stereocenters. The third kappa shape index (κ3) is 5.32. The summed E-state index contributed by atoms with van der Waals surface area (Å²) < 4.78 is 5.34. The van der Waals surface area contributed by atoms with E-state index in [0.717, 1.165) is 18.4 Å². The Labute approximate surface area is 114 Å². The number of likely N-dealkylation sites (tertiary alicyclic amines) is 1. The van der Waals surface area contributed by atoms with Crippen LogP contribution in [0.5, 0.6) is 0 Å². The highest BCUT2D eigenvalue weighted by Gasteiger charge is 2.28. The molecular formula is C14H23NO4. The zero-order valence-corrected chi connectivity index (χ0v) is 12.1. The van der Waals surface area contributed by atoms with Crippen LogP contribution in [0.4, 0.5) is 4.79 Å². The average Bonchev–Trinajstić information content (AvgIpc) is 2.26. The van der Waals surface area contributed by atoms with Crippen LogP contribution >= 0.6 is 0 Å². The lowest BCUT2D eigenvalue weighted by molar-refractivity contribution is -0.131. The normalized spacial score (nSPS) is 21.2. The van der Waals surface area contributed by atoms with Crippen LogP contribution in [0.2, 0.25) is 0 Å². The van der Waals surface area contributed by atoms with Crippen LogP contribution in [0.1, 0.15) is 40.5 Å². The second kappa shape index (κ2) is 6.08. The quantitative estimate of drug-likeness (QED) is 0.783. The van der Waals surface area contributed by atoms with Gasteiger partial charge < -0.3 is 14.7 Å². The highest BCUT2D eigenvalue weighted by molar-refractivity contribution is 5.80. The molecule has 1 saturated heterocycles. The Hall–Kier alpha value is -1.52. The van der Waals surface area contributed by atoms with Crippen LogP contribution in [-0.2, 0) is 9.53 Å². The molecule has 0 aromatic rings. The molecule has 1 aliphatic rings. The highest BCUT2D eigenvalue weighted by atomic mass is 16.6. The molecule has 1 fully saturated rings. The molecular weight excluding hydrogens is 246 g/mol. The molecule has 1 N–H and O–H groups in total. The second-order valence-electron chi connectivity index (χ2n) is 5.99. The second-order valence-corrected chi connectivity index (χ2v) is 5.99. The lowest BCUT2D eigenvalue weighted by Crippen LogP contribution is -2.43. The minimum absolute atomic E-state index is 0.109. The van der Waals surface area contributed by atoms with Crippen LogP contribution in [0.15, 0.2) is 11.6 Å². The Bertz CT molecular complexity index is 381. The first-order valence-corrected chi connectivity index (χ1v) is 6.58. The topological polar surface area (TPSA) is 66.8 Å². The number of piperidine rings is 1. The van der Waals surface area contributed by atoms with Gasteiger partial charge in [-0.25, -0.2) is 9.59 Å². The van der Waals surface area contributed by atoms with Gasteiger partial charge in [0.25, 0.3) is 0 Å². The van der Waals surface area contributed by atoms with Gasteiger partial charge in [0.1, 0.15) is 5.60 Å².